The summed E-state index contributed by atoms with van der Waals surface area (Å²) in [6, 6.07) is 3.98. The van der Waals surface area contributed by atoms with Gasteiger partial charge in [-0.3, -0.25) is 14.3 Å². The van der Waals surface area contributed by atoms with Gasteiger partial charge in [-0.2, -0.15) is 0 Å². The first kappa shape index (κ1) is 16.4. The van der Waals surface area contributed by atoms with Gasteiger partial charge in [0, 0.05) is 32.6 Å². The van der Waals surface area contributed by atoms with Crippen LogP contribution < -0.4 is 5.56 Å². The van der Waals surface area contributed by atoms with Gasteiger partial charge in [0.2, 0.25) is 0 Å². The van der Waals surface area contributed by atoms with E-state index in [-0.39, 0.29) is 5.56 Å². The molecule has 4 rings (SSSR count). The molecule has 1 aromatic carbocycles. The van der Waals surface area contributed by atoms with Crippen molar-refractivity contribution in [2.45, 2.75) is 26.4 Å². The Morgan fingerprint density at radius 1 is 1.20 bits per heavy atom. The summed E-state index contributed by atoms with van der Waals surface area (Å²) in [6.07, 6.45) is 0.657. The van der Waals surface area contributed by atoms with Crippen molar-refractivity contribution in [1.82, 2.24) is 14.5 Å². The molecule has 0 amide bonds. The van der Waals surface area contributed by atoms with E-state index in [1.807, 2.05) is 12.3 Å². The molecule has 0 spiro atoms. The highest BCUT2D eigenvalue weighted by Gasteiger charge is 2.19. The molecule has 0 fully saturated rings. The van der Waals surface area contributed by atoms with E-state index >= 15 is 0 Å². The van der Waals surface area contributed by atoms with Crippen LogP contribution in [0.1, 0.15) is 17.0 Å². The van der Waals surface area contributed by atoms with E-state index < -0.39 is 11.6 Å². The molecule has 0 saturated heterocycles. The summed E-state index contributed by atoms with van der Waals surface area (Å²) in [4.78, 5) is 19.6. The Balaban J connectivity index is 1.59. The molecule has 0 atom stereocenters. The van der Waals surface area contributed by atoms with Crippen LogP contribution in [-0.2, 0) is 19.5 Å². The number of thiophene rings is 1. The number of aromatic nitrogens is 2. The average Bonchev–Trinajstić information content (AvgIpc) is 2.83. The quantitative estimate of drug-likeness (QED) is 0.704. The Morgan fingerprint density at radius 3 is 2.84 bits per heavy atom. The van der Waals surface area contributed by atoms with E-state index in [2.05, 4.69) is 4.90 Å². The number of hydrogen-bond acceptors (Lipinski definition) is 4. The Bertz CT molecular complexity index is 1010. The molecule has 1 aliphatic rings. The van der Waals surface area contributed by atoms with Crippen molar-refractivity contribution in [3.8, 4) is 0 Å². The number of fused-ring (bicyclic) bond motifs is 2. The predicted molar refractivity (Wildman–Crippen MR) is 94.0 cm³/mol. The molecular weight excluding hydrogens is 344 g/mol. The summed E-state index contributed by atoms with van der Waals surface area (Å²) < 4.78 is 28.9. The Kier molecular flexibility index (Phi) is 4.13. The Hall–Kier alpha value is -2.12. The number of nitrogens with zero attached hydrogens (tertiary/aromatic N) is 3. The lowest BCUT2D eigenvalue weighted by atomic mass is 10.2. The standard InChI is InChI=1S/C18H17F2N3OS/c1-11-10-25-17-16(11)21-15-4-5-22(6-7-23(15)18(17)24)9-12-2-3-13(19)14(20)8-12/h2-3,8,10H,4-7,9H2,1H3. The molecule has 0 radical (unpaired) electrons. The van der Waals surface area contributed by atoms with Crippen LogP contribution in [0.15, 0.2) is 28.4 Å². The van der Waals surface area contributed by atoms with Gasteiger partial charge >= 0.3 is 0 Å². The van der Waals surface area contributed by atoms with Crippen LogP contribution in [0.3, 0.4) is 0 Å². The molecule has 0 unspecified atom stereocenters. The van der Waals surface area contributed by atoms with Crippen LogP contribution in [-0.4, -0.2) is 27.5 Å². The molecule has 3 aromatic rings. The van der Waals surface area contributed by atoms with Gasteiger partial charge in [-0.25, -0.2) is 13.8 Å². The van der Waals surface area contributed by atoms with E-state index in [1.165, 1.54) is 17.4 Å². The summed E-state index contributed by atoms with van der Waals surface area (Å²) in [5.41, 5.74) is 2.58. The topological polar surface area (TPSA) is 38.1 Å². The summed E-state index contributed by atoms with van der Waals surface area (Å²) >= 11 is 1.44. The third-order valence-corrected chi connectivity index (χ3v) is 5.69. The molecule has 4 nitrogen and oxygen atoms in total. The largest absolute Gasteiger partial charge is 0.297 e. The fourth-order valence-electron chi connectivity index (χ4n) is 3.24. The van der Waals surface area contributed by atoms with Crippen LogP contribution >= 0.6 is 11.3 Å². The van der Waals surface area contributed by atoms with E-state index in [0.29, 0.717) is 30.8 Å². The molecule has 130 valence electrons. The number of hydrogen-bond donors (Lipinski definition) is 0. The zero-order chi connectivity index (χ0) is 17.6. The smallest absolute Gasteiger partial charge is 0.271 e. The molecule has 0 bridgehead atoms. The first-order valence-corrected chi connectivity index (χ1v) is 9.04. The van der Waals surface area contributed by atoms with Crippen molar-refractivity contribution >= 4 is 21.6 Å². The minimum Gasteiger partial charge on any atom is -0.297 e. The van der Waals surface area contributed by atoms with Gasteiger partial charge in [-0.05, 0) is 35.6 Å². The lowest BCUT2D eigenvalue weighted by Gasteiger charge is -2.19. The second-order valence-corrected chi connectivity index (χ2v) is 7.24. The number of rotatable bonds is 2. The lowest BCUT2D eigenvalue weighted by molar-refractivity contribution is 0.270. The fourth-order valence-corrected chi connectivity index (χ4v) is 4.18. The van der Waals surface area contributed by atoms with Crippen molar-refractivity contribution < 1.29 is 8.78 Å². The van der Waals surface area contributed by atoms with Gasteiger partial charge in [0.1, 0.15) is 10.5 Å². The van der Waals surface area contributed by atoms with Gasteiger partial charge in [0.05, 0.1) is 5.52 Å². The summed E-state index contributed by atoms with van der Waals surface area (Å²) in [7, 11) is 0. The molecule has 0 aliphatic carbocycles. The highest BCUT2D eigenvalue weighted by molar-refractivity contribution is 7.17. The second-order valence-electron chi connectivity index (χ2n) is 6.36. The fraction of sp³-hybridized carbons (Fsp3) is 0.333. The number of halogens is 2. The van der Waals surface area contributed by atoms with Gasteiger partial charge in [-0.1, -0.05) is 6.07 Å². The molecule has 7 heteroatoms. The Labute approximate surface area is 147 Å². The third kappa shape index (κ3) is 2.98. The molecular formula is C18H17F2N3OS. The van der Waals surface area contributed by atoms with E-state index in [4.69, 9.17) is 4.98 Å². The molecule has 2 aromatic heterocycles. The van der Waals surface area contributed by atoms with Crippen LogP contribution in [0.2, 0.25) is 0 Å². The van der Waals surface area contributed by atoms with E-state index in [0.717, 1.165) is 35.1 Å². The second kappa shape index (κ2) is 6.31. The van der Waals surface area contributed by atoms with Crippen molar-refractivity contribution in [3.63, 3.8) is 0 Å². The lowest BCUT2D eigenvalue weighted by Crippen LogP contribution is -2.28. The van der Waals surface area contributed by atoms with Gasteiger partial charge in [0.25, 0.3) is 5.56 Å². The third-order valence-electron chi connectivity index (χ3n) is 4.62. The van der Waals surface area contributed by atoms with E-state index in [9.17, 15) is 13.6 Å². The summed E-state index contributed by atoms with van der Waals surface area (Å²) in [5.74, 6) is -0.866. The predicted octanol–water partition coefficient (Wildman–Crippen LogP) is 3.10. The van der Waals surface area contributed by atoms with Crippen molar-refractivity contribution in [2.24, 2.45) is 0 Å². The highest BCUT2D eigenvalue weighted by Crippen LogP contribution is 2.21. The number of aryl methyl sites for hydroxylation is 1. The average molecular weight is 361 g/mol. The molecule has 0 saturated carbocycles. The monoisotopic (exact) mass is 361 g/mol. The van der Waals surface area contributed by atoms with Crippen molar-refractivity contribution in [3.05, 3.63) is 62.5 Å². The highest BCUT2D eigenvalue weighted by atomic mass is 32.1. The van der Waals surface area contributed by atoms with E-state index in [1.54, 1.807) is 10.6 Å². The van der Waals surface area contributed by atoms with Crippen LogP contribution in [0.5, 0.6) is 0 Å². The zero-order valence-corrected chi connectivity index (χ0v) is 14.6. The zero-order valence-electron chi connectivity index (χ0n) is 13.8. The number of benzene rings is 1. The molecule has 1 aliphatic heterocycles. The first-order valence-electron chi connectivity index (χ1n) is 8.17. The summed E-state index contributed by atoms with van der Waals surface area (Å²) in [5, 5.41) is 1.97. The molecule has 0 N–H and O–H groups in total. The minimum absolute atomic E-state index is 0.0211. The van der Waals surface area contributed by atoms with Crippen LogP contribution in [0.4, 0.5) is 8.78 Å². The SMILES string of the molecule is Cc1csc2c(=O)n3c(nc12)CCN(Cc1ccc(F)c(F)c1)CC3. The van der Waals surface area contributed by atoms with Gasteiger partial charge in [-0.15, -0.1) is 11.3 Å². The van der Waals surface area contributed by atoms with Crippen molar-refractivity contribution in [2.75, 3.05) is 13.1 Å². The van der Waals surface area contributed by atoms with Crippen LogP contribution in [0.25, 0.3) is 10.2 Å². The van der Waals surface area contributed by atoms with Crippen LogP contribution in [0, 0.1) is 18.6 Å². The minimum atomic E-state index is -0.835. The summed E-state index contributed by atoms with van der Waals surface area (Å²) in [6.45, 7) is 4.43. The first-order chi connectivity index (χ1) is 12.0. The Morgan fingerprint density at radius 2 is 2.04 bits per heavy atom. The maximum absolute atomic E-state index is 13.4. The molecule has 3 heterocycles. The molecule has 25 heavy (non-hydrogen) atoms. The normalized spacial score (nSPS) is 15.3. The maximum atomic E-state index is 13.4. The van der Waals surface area contributed by atoms with Crippen molar-refractivity contribution in [1.29, 1.82) is 0 Å². The van der Waals surface area contributed by atoms with Gasteiger partial charge in [0.15, 0.2) is 11.6 Å². The maximum Gasteiger partial charge on any atom is 0.271 e. The van der Waals surface area contributed by atoms with Gasteiger partial charge < -0.3 is 0 Å².